The Morgan fingerprint density at radius 3 is 2.46 bits per heavy atom. The maximum absolute atomic E-state index is 11.7. The Hall–Kier alpha value is -3.19. The van der Waals surface area contributed by atoms with Crippen LogP contribution in [-0.4, -0.2) is 30.4 Å². The SMILES string of the molecule is COC(=O)/C=C1/S/C(=N\N=Cc2ccc(-c3ccccc3)cc2)NC1=O. The van der Waals surface area contributed by atoms with Gasteiger partial charge in [-0.25, -0.2) is 4.79 Å². The van der Waals surface area contributed by atoms with E-state index in [1.165, 1.54) is 7.11 Å². The zero-order valence-corrected chi connectivity index (χ0v) is 14.7. The van der Waals surface area contributed by atoms with Gasteiger partial charge in [-0.2, -0.15) is 5.10 Å². The largest absolute Gasteiger partial charge is 0.466 e. The van der Waals surface area contributed by atoms with Crippen molar-refractivity contribution in [3.05, 3.63) is 71.1 Å². The minimum Gasteiger partial charge on any atom is -0.466 e. The van der Waals surface area contributed by atoms with Gasteiger partial charge in [0, 0.05) is 6.08 Å². The van der Waals surface area contributed by atoms with E-state index >= 15 is 0 Å². The number of nitrogens with zero attached hydrogens (tertiary/aromatic N) is 2. The molecule has 6 nitrogen and oxygen atoms in total. The Labute approximate surface area is 154 Å². The zero-order chi connectivity index (χ0) is 18.4. The lowest BCUT2D eigenvalue weighted by Crippen LogP contribution is -2.19. The number of ether oxygens (including phenoxy) is 1. The summed E-state index contributed by atoms with van der Waals surface area (Å²) in [4.78, 5) is 23.1. The van der Waals surface area contributed by atoms with E-state index in [1.807, 2.05) is 42.5 Å². The lowest BCUT2D eigenvalue weighted by Gasteiger charge is -2.01. The predicted octanol–water partition coefficient (Wildman–Crippen LogP) is 2.96. The Balaban J connectivity index is 1.65. The molecule has 1 aliphatic heterocycles. The summed E-state index contributed by atoms with van der Waals surface area (Å²) in [6.45, 7) is 0. The first-order chi connectivity index (χ1) is 12.7. The molecule has 130 valence electrons. The Morgan fingerprint density at radius 1 is 1.08 bits per heavy atom. The predicted molar refractivity (Wildman–Crippen MR) is 103 cm³/mol. The summed E-state index contributed by atoms with van der Waals surface area (Å²) in [5.74, 6) is -0.993. The second kappa shape index (κ2) is 8.26. The van der Waals surface area contributed by atoms with Crippen LogP contribution in [-0.2, 0) is 14.3 Å². The fraction of sp³-hybridized carbons (Fsp3) is 0.0526. The molecule has 0 aliphatic carbocycles. The second-order valence-corrected chi connectivity index (χ2v) is 6.26. The van der Waals surface area contributed by atoms with E-state index in [4.69, 9.17) is 0 Å². The summed E-state index contributed by atoms with van der Waals surface area (Å²) in [5.41, 5.74) is 3.14. The molecule has 0 saturated carbocycles. The van der Waals surface area contributed by atoms with Crippen molar-refractivity contribution in [2.24, 2.45) is 10.2 Å². The molecule has 26 heavy (non-hydrogen) atoms. The first-order valence-electron chi connectivity index (χ1n) is 7.71. The minimum absolute atomic E-state index is 0.220. The van der Waals surface area contributed by atoms with E-state index in [-0.39, 0.29) is 4.91 Å². The number of thioether (sulfide) groups is 1. The van der Waals surface area contributed by atoms with E-state index in [0.29, 0.717) is 5.17 Å². The molecule has 3 rings (SSSR count). The summed E-state index contributed by atoms with van der Waals surface area (Å²) in [5, 5.41) is 10.8. The fourth-order valence-corrected chi connectivity index (χ4v) is 2.92. The normalized spacial score (nSPS) is 17.0. The molecule has 1 saturated heterocycles. The first kappa shape index (κ1) is 17.6. The van der Waals surface area contributed by atoms with Gasteiger partial charge in [0.05, 0.1) is 18.2 Å². The van der Waals surface area contributed by atoms with Crippen molar-refractivity contribution in [1.82, 2.24) is 5.32 Å². The van der Waals surface area contributed by atoms with Crippen LogP contribution in [0.2, 0.25) is 0 Å². The van der Waals surface area contributed by atoms with Gasteiger partial charge in [-0.3, -0.25) is 10.1 Å². The van der Waals surface area contributed by atoms with Gasteiger partial charge in [0.25, 0.3) is 5.91 Å². The second-order valence-electron chi connectivity index (χ2n) is 5.23. The van der Waals surface area contributed by atoms with E-state index in [9.17, 15) is 9.59 Å². The van der Waals surface area contributed by atoms with Gasteiger partial charge in [0.15, 0.2) is 5.17 Å². The van der Waals surface area contributed by atoms with E-state index < -0.39 is 11.9 Å². The van der Waals surface area contributed by atoms with Gasteiger partial charge in [-0.15, -0.1) is 5.10 Å². The van der Waals surface area contributed by atoms with Crippen LogP contribution in [0.15, 0.2) is 75.8 Å². The van der Waals surface area contributed by atoms with Crippen LogP contribution in [0, 0.1) is 0 Å². The highest BCUT2D eigenvalue weighted by Gasteiger charge is 2.24. The monoisotopic (exact) mass is 365 g/mol. The summed E-state index contributed by atoms with van der Waals surface area (Å²) in [7, 11) is 1.25. The van der Waals surface area contributed by atoms with Crippen LogP contribution in [0.1, 0.15) is 5.56 Å². The molecule has 1 heterocycles. The summed E-state index contributed by atoms with van der Waals surface area (Å²) in [6, 6.07) is 18.0. The van der Waals surface area contributed by atoms with Crippen LogP contribution >= 0.6 is 11.8 Å². The average Bonchev–Trinajstić information content (AvgIpc) is 3.02. The van der Waals surface area contributed by atoms with Gasteiger partial charge in [-0.05, 0) is 28.5 Å². The third-order valence-corrected chi connectivity index (χ3v) is 4.37. The molecule has 2 aromatic carbocycles. The van der Waals surface area contributed by atoms with Crippen LogP contribution in [0.3, 0.4) is 0 Å². The Kier molecular flexibility index (Phi) is 5.60. The average molecular weight is 365 g/mol. The molecule has 1 aliphatic rings. The number of esters is 1. The van der Waals surface area contributed by atoms with Crippen molar-refractivity contribution in [2.45, 2.75) is 0 Å². The van der Waals surface area contributed by atoms with Gasteiger partial charge in [-0.1, -0.05) is 54.6 Å². The molecule has 7 heteroatoms. The van der Waals surface area contributed by atoms with Crippen LogP contribution in [0.25, 0.3) is 11.1 Å². The molecule has 0 atom stereocenters. The number of hydrogen-bond donors (Lipinski definition) is 1. The number of amides is 1. The minimum atomic E-state index is -0.592. The summed E-state index contributed by atoms with van der Waals surface area (Å²) >= 11 is 1.03. The molecule has 0 unspecified atom stereocenters. The molecular weight excluding hydrogens is 350 g/mol. The number of benzene rings is 2. The van der Waals surface area contributed by atoms with Crippen molar-refractivity contribution in [1.29, 1.82) is 0 Å². The van der Waals surface area contributed by atoms with Crippen LogP contribution in [0.4, 0.5) is 0 Å². The Morgan fingerprint density at radius 2 is 1.77 bits per heavy atom. The molecule has 0 aromatic heterocycles. The zero-order valence-electron chi connectivity index (χ0n) is 13.9. The number of hydrogen-bond acceptors (Lipinski definition) is 6. The van der Waals surface area contributed by atoms with E-state index in [1.54, 1.807) is 6.21 Å². The molecule has 1 N–H and O–H groups in total. The van der Waals surface area contributed by atoms with Gasteiger partial charge in [0.2, 0.25) is 0 Å². The third-order valence-electron chi connectivity index (χ3n) is 3.47. The van der Waals surface area contributed by atoms with Crippen molar-refractivity contribution in [3.8, 4) is 11.1 Å². The van der Waals surface area contributed by atoms with Crippen molar-refractivity contribution < 1.29 is 14.3 Å². The number of carbonyl (C=O) groups is 2. The molecule has 0 radical (unpaired) electrons. The first-order valence-corrected chi connectivity index (χ1v) is 8.53. The van der Waals surface area contributed by atoms with Gasteiger partial charge < -0.3 is 4.74 Å². The maximum atomic E-state index is 11.7. The van der Waals surface area contributed by atoms with Crippen LogP contribution in [0.5, 0.6) is 0 Å². The highest BCUT2D eigenvalue weighted by Crippen LogP contribution is 2.23. The van der Waals surface area contributed by atoms with Gasteiger partial charge >= 0.3 is 5.97 Å². The quantitative estimate of drug-likeness (QED) is 0.391. The third kappa shape index (κ3) is 4.46. The lowest BCUT2D eigenvalue weighted by molar-refractivity contribution is -0.135. The highest BCUT2D eigenvalue weighted by molar-refractivity contribution is 8.18. The fourth-order valence-electron chi connectivity index (χ4n) is 2.18. The lowest BCUT2D eigenvalue weighted by atomic mass is 10.0. The maximum Gasteiger partial charge on any atom is 0.331 e. The summed E-state index contributed by atoms with van der Waals surface area (Å²) < 4.78 is 4.50. The highest BCUT2D eigenvalue weighted by atomic mass is 32.2. The number of carbonyl (C=O) groups excluding carboxylic acids is 2. The van der Waals surface area contributed by atoms with Crippen molar-refractivity contribution in [3.63, 3.8) is 0 Å². The molecule has 2 aromatic rings. The van der Waals surface area contributed by atoms with Gasteiger partial charge in [0.1, 0.15) is 0 Å². The number of amidine groups is 1. The molecule has 1 amide bonds. The Bertz CT molecular complexity index is 903. The number of rotatable bonds is 4. The van der Waals surface area contributed by atoms with Crippen molar-refractivity contribution >= 4 is 35.0 Å². The van der Waals surface area contributed by atoms with E-state index in [0.717, 1.165) is 34.5 Å². The number of nitrogens with one attached hydrogen (secondary N) is 1. The smallest absolute Gasteiger partial charge is 0.331 e. The molecule has 0 spiro atoms. The van der Waals surface area contributed by atoms with E-state index in [2.05, 4.69) is 32.4 Å². The molecule has 0 bridgehead atoms. The molecule has 1 fully saturated rings. The summed E-state index contributed by atoms with van der Waals surface area (Å²) in [6.07, 6.45) is 2.71. The molecular formula is C19H15N3O3S. The van der Waals surface area contributed by atoms with Crippen molar-refractivity contribution in [2.75, 3.05) is 7.11 Å². The standard InChI is InChI=1S/C19H15N3O3S/c1-25-17(23)11-16-18(24)21-19(26-16)22-20-12-13-7-9-15(10-8-13)14-5-3-2-4-6-14/h2-12H,1H3,(H,21,22,24)/b16-11+,20-12?. The number of methoxy groups -OCH3 is 1. The topological polar surface area (TPSA) is 80.1 Å². The van der Waals surface area contributed by atoms with Crippen LogP contribution < -0.4 is 5.32 Å².